The molecule has 86 valence electrons. The molecule has 1 aromatic carbocycles. The summed E-state index contributed by atoms with van der Waals surface area (Å²) in [6.07, 6.45) is 3.03. The highest BCUT2D eigenvalue weighted by molar-refractivity contribution is 9.10. The molecule has 0 bridgehead atoms. The number of nitrogens with zero attached hydrogens (tertiary/aromatic N) is 1. The fraction of sp³-hybridized carbons (Fsp3) is 0.0909. The first-order valence-electron chi connectivity index (χ1n) is 4.89. The van der Waals surface area contributed by atoms with Crippen molar-refractivity contribution in [2.45, 2.75) is 0 Å². The van der Waals surface area contributed by atoms with Gasteiger partial charge < -0.3 is 14.5 Å². The number of benzene rings is 1. The molecule has 0 amide bonds. The van der Waals surface area contributed by atoms with Crippen LogP contribution in [0, 0.1) is 0 Å². The van der Waals surface area contributed by atoms with Gasteiger partial charge in [0.25, 0.3) is 5.56 Å². The molecule has 0 unspecified atom stereocenters. The van der Waals surface area contributed by atoms with Gasteiger partial charge in [-0.15, -0.1) is 0 Å². The average molecular weight is 295 g/mol. The number of ether oxygens (including phenoxy) is 2. The van der Waals surface area contributed by atoms with E-state index >= 15 is 0 Å². The second-order valence-corrected chi connectivity index (χ2v) is 4.31. The first-order valence-corrected chi connectivity index (χ1v) is 5.68. The highest BCUT2D eigenvalue weighted by atomic mass is 79.9. The van der Waals surface area contributed by atoms with Crippen LogP contribution in [0.4, 0.5) is 0 Å². The lowest BCUT2D eigenvalue weighted by Crippen LogP contribution is -2.09. The van der Waals surface area contributed by atoms with Crippen molar-refractivity contribution >= 4 is 15.9 Å². The quantitative estimate of drug-likeness (QED) is 0.873. The van der Waals surface area contributed by atoms with E-state index in [2.05, 4.69) is 25.9 Å². The Morgan fingerprint density at radius 3 is 3.06 bits per heavy atom. The molecular formula is C11H7BrN2O3. The monoisotopic (exact) mass is 294 g/mol. The van der Waals surface area contributed by atoms with E-state index in [-0.39, 0.29) is 12.4 Å². The molecule has 0 radical (unpaired) electrons. The number of hydrogen-bond donors (Lipinski definition) is 1. The number of fused-ring (bicyclic) bond motifs is 1. The van der Waals surface area contributed by atoms with Gasteiger partial charge in [-0.1, -0.05) is 0 Å². The van der Waals surface area contributed by atoms with Crippen molar-refractivity contribution in [1.82, 2.24) is 9.97 Å². The van der Waals surface area contributed by atoms with Crippen LogP contribution in [0.15, 0.2) is 33.8 Å². The Morgan fingerprint density at radius 2 is 2.24 bits per heavy atom. The molecular weight excluding hydrogens is 288 g/mol. The second-order valence-electron chi connectivity index (χ2n) is 3.46. The van der Waals surface area contributed by atoms with Crippen LogP contribution in [0.5, 0.6) is 11.5 Å². The van der Waals surface area contributed by atoms with Crippen molar-refractivity contribution in [3.05, 3.63) is 39.4 Å². The minimum absolute atomic E-state index is 0.190. The number of hydrogen-bond acceptors (Lipinski definition) is 4. The summed E-state index contributed by atoms with van der Waals surface area (Å²) in [6, 6.07) is 3.52. The molecule has 1 aliphatic rings. The van der Waals surface area contributed by atoms with Crippen molar-refractivity contribution in [2.24, 2.45) is 0 Å². The van der Waals surface area contributed by atoms with Gasteiger partial charge in [-0.3, -0.25) is 4.79 Å². The number of aromatic amines is 1. The van der Waals surface area contributed by atoms with Gasteiger partial charge in [-0.2, -0.15) is 0 Å². The van der Waals surface area contributed by atoms with Gasteiger partial charge in [0.15, 0.2) is 11.5 Å². The molecule has 17 heavy (non-hydrogen) atoms. The van der Waals surface area contributed by atoms with E-state index in [1.807, 2.05) is 0 Å². The van der Waals surface area contributed by atoms with E-state index in [1.54, 1.807) is 12.1 Å². The van der Waals surface area contributed by atoms with E-state index in [0.717, 1.165) is 4.47 Å². The third kappa shape index (κ3) is 1.70. The minimum Gasteiger partial charge on any atom is -0.454 e. The molecule has 2 aromatic rings. The first-order chi connectivity index (χ1) is 8.25. The lowest BCUT2D eigenvalue weighted by molar-refractivity contribution is 0.173. The Hall–Kier alpha value is -1.82. The van der Waals surface area contributed by atoms with Crippen LogP contribution in [0.1, 0.15) is 0 Å². The van der Waals surface area contributed by atoms with Crippen LogP contribution in [-0.2, 0) is 0 Å². The van der Waals surface area contributed by atoms with Crippen LogP contribution < -0.4 is 15.0 Å². The first kappa shape index (κ1) is 10.3. The number of rotatable bonds is 1. The summed E-state index contributed by atoms with van der Waals surface area (Å²) in [7, 11) is 0. The van der Waals surface area contributed by atoms with Gasteiger partial charge in [0.05, 0.1) is 4.47 Å². The summed E-state index contributed by atoms with van der Waals surface area (Å²) >= 11 is 3.37. The molecule has 3 rings (SSSR count). The fourth-order valence-electron chi connectivity index (χ4n) is 1.66. The van der Waals surface area contributed by atoms with E-state index in [9.17, 15) is 4.79 Å². The summed E-state index contributed by atoms with van der Waals surface area (Å²) in [4.78, 5) is 18.3. The van der Waals surface area contributed by atoms with Crippen molar-refractivity contribution in [2.75, 3.05) is 6.79 Å². The minimum atomic E-state index is -0.238. The van der Waals surface area contributed by atoms with Crippen molar-refractivity contribution in [3.8, 4) is 22.8 Å². The molecule has 6 heteroatoms. The zero-order valence-electron chi connectivity index (χ0n) is 8.57. The highest BCUT2D eigenvalue weighted by Crippen LogP contribution is 2.41. The van der Waals surface area contributed by atoms with Crippen LogP contribution in [0.25, 0.3) is 11.3 Å². The average Bonchev–Trinajstić information content (AvgIpc) is 2.78. The summed E-state index contributed by atoms with van der Waals surface area (Å²) < 4.78 is 11.3. The lowest BCUT2D eigenvalue weighted by atomic mass is 10.1. The summed E-state index contributed by atoms with van der Waals surface area (Å²) in [5.74, 6) is 1.26. The third-order valence-electron chi connectivity index (χ3n) is 2.41. The predicted molar refractivity (Wildman–Crippen MR) is 64.1 cm³/mol. The van der Waals surface area contributed by atoms with Gasteiger partial charge in [0, 0.05) is 18.0 Å². The van der Waals surface area contributed by atoms with Crippen molar-refractivity contribution in [3.63, 3.8) is 0 Å². The van der Waals surface area contributed by atoms with E-state index < -0.39 is 0 Å². The standard InChI is InChI=1S/C11H7BrN2O3/c12-7-3-6(4-8-10(7)17-5-16-8)9-11(15)14-2-1-13-9/h1-4H,5H2,(H,14,15). The van der Waals surface area contributed by atoms with Crippen LogP contribution in [0.2, 0.25) is 0 Å². The maximum atomic E-state index is 11.6. The highest BCUT2D eigenvalue weighted by Gasteiger charge is 2.19. The molecule has 1 aromatic heterocycles. The van der Waals surface area contributed by atoms with Crippen molar-refractivity contribution in [1.29, 1.82) is 0 Å². The normalized spacial score (nSPS) is 12.8. The Kier molecular flexibility index (Phi) is 2.36. The van der Waals surface area contributed by atoms with Gasteiger partial charge in [0.2, 0.25) is 6.79 Å². The molecule has 0 saturated carbocycles. The predicted octanol–water partition coefficient (Wildman–Crippen LogP) is 1.93. The molecule has 0 fully saturated rings. The molecule has 1 N–H and O–H groups in total. The van der Waals surface area contributed by atoms with Gasteiger partial charge >= 0.3 is 0 Å². The van der Waals surface area contributed by atoms with Gasteiger partial charge in [-0.25, -0.2) is 4.98 Å². The number of nitrogens with one attached hydrogen (secondary N) is 1. The van der Waals surface area contributed by atoms with Crippen molar-refractivity contribution < 1.29 is 9.47 Å². The largest absolute Gasteiger partial charge is 0.454 e. The maximum Gasteiger partial charge on any atom is 0.274 e. The Bertz CT molecular complexity index is 639. The maximum absolute atomic E-state index is 11.6. The fourth-order valence-corrected chi connectivity index (χ4v) is 2.22. The lowest BCUT2D eigenvalue weighted by Gasteiger charge is -2.03. The summed E-state index contributed by atoms with van der Waals surface area (Å²) in [5, 5.41) is 0. The third-order valence-corrected chi connectivity index (χ3v) is 3.00. The molecule has 2 heterocycles. The molecule has 0 atom stereocenters. The van der Waals surface area contributed by atoms with Gasteiger partial charge in [0.1, 0.15) is 5.69 Å². The van der Waals surface area contributed by atoms with Gasteiger partial charge in [-0.05, 0) is 28.1 Å². The molecule has 0 saturated heterocycles. The Balaban J connectivity index is 2.20. The molecule has 5 nitrogen and oxygen atoms in total. The molecule has 0 spiro atoms. The number of H-pyrrole nitrogens is 1. The summed E-state index contributed by atoms with van der Waals surface area (Å²) in [5.41, 5.74) is 0.799. The SMILES string of the molecule is O=c1[nH]ccnc1-c1cc(Br)c2c(c1)OCO2. The zero-order valence-corrected chi connectivity index (χ0v) is 10.2. The van der Waals surface area contributed by atoms with Crippen LogP contribution in [-0.4, -0.2) is 16.8 Å². The van der Waals surface area contributed by atoms with E-state index in [0.29, 0.717) is 22.8 Å². The van der Waals surface area contributed by atoms with Crippen LogP contribution in [0.3, 0.4) is 0 Å². The number of halogens is 1. The van der Waals surface area contributed by atoms with E-state index in [4.69, 9.17) is 9.47 Å². The molecule has 1 aliphatic heterocycles. The molecule has 0 aliphatic carbocycles. The Labute approximate surface area is 105 Å². The number of aromatic nitrogens is 2. The Morgan fingerprint density at radius 1 is 1.35 bits per heavy atom. The topological polar surface area (TPSA) is 64.2 Å². The summed E-state index contributed by atoms with van der Waals surface area (Å²) in [6.45, 7) is 0.190. The smallest absolute Gasteiger partial charge is 0.274 e. The zero-order chi connectivity index (χ0) is 11.8. The van der Waals surface area contributed by atoms with Crippen LogP contribution >= 0.6 is 15.9 Å². The second kappa shape index (κ2) is 3.89. The van der Waals surface area contributed by atoms with E-state index in [1.165, 1.54) is 12.4 Å².